The number of thiocarbonyl (C=S) groups is 1. The van der Waals surface area contributed by atoms with E-state index in [0.29, 0.717) is 27.5 Å². The Bertz CT molecular complexity index is 974. The molecule has 150 valence electrons. The van der Waals surface area contributed by atoms with Gasteiger partial charge in [-0.2, -0.15) is 0 Å². The Labute approximate surface area is 178 Å². The quantitative estimate of drug-likeness (QED) is 0.393. The first-order chi connectivity index (χ1) is 14.0. The monoisotopic (exact) mass is 429 g/mol. The number of hydrogen-bond donors (Lipinski definition) is 0. The van der Waals surface area contributed by atoms with Crippen molar-refractivity contribution in [3.63, 3.8) is 0 Å². The van der Waals surface area contributed by atoms with Gasteiger partial charge in [0, 0.05) is 11.6 Å². The Morgan fingerprint density at radius 3 is 2.45 bits per heavy atom. The molecule has 29 heavy (non-hydrogen) atoms. The Balaban J connectivity index is 1.99. The summed E-state index contributed by atoms with van der Waals surface area (Å²) < 4.78 is 15.8. The highest BCUT2D eigenvalue weighted by Crippen LogP contribution is 2.39. The third-order valence-electron chi connectivity index (χ3n) is 4.35. The van der Waals surface area contributed by atoms with Gasteiger partial charge in [0.15, 0.2) is 6.04 Å². The smallest absolute Gasteiger partial charge is 0.333 e. The summed E-state index contributed by atoms with van der Waals surface area (Å²) in [7, 11) is 4.39. The van der Waals surface area contributed by atoms with Crippen LogP contribution < -0.4 is 9.47 Å². The molecule has 2 aromatic carbocycles. The van der Waals surface area contributed by atoms with E-state index in [2.05, 4.69) is 0 Å². The second kappa shape index (κ2) is 9.11. The third-order valence-corrected chi connectivity index (χ3v) is 5.68. The number of thioether (sulfide) groups is 1. The average Bonchev–Trinajstić information content (AvgIpc) is 3.02. The van der Waals surface area contributed by atoms with Crippen LogP contribution >= 0.6 is 24.0 Å². The minimum absolute atomic E-state index is 0.285. The Morgan fingerprint density at radius 2 is 1.83 bits per heavy atom. The normalized spacial score (nSPS) is 16.1. The lowest BCUT2D eigenvalue weighted by Gasteiger charge is -2.24. The van der Waals surface area contributed by atoms with Crippen LogP contribution in [0.25, 0.3) is 6.08 Å². The van der Waals surface area contributed by atoms with Crippen molar-refractivity contribution in [3.05, 3.63) is 64.6 Å². The highest BCUT2D eigenvalue weighted by Gasteiger charge is 2.41. The first-order valence-corrected chi connectivity index (χ1v) is 9.84. The molecule has 1 amide bonds. The van der Waals surface area contributed by atoms with Gasteiger partial charge < -0.3 is 14.2 Å². The van der Waals surface area contributed by atoms with E-state index in [1.165, 1.54) is 12.0 Å². The summed E-state index contributed by atoms with van der Waals surface area (Å²) in [4.78, 5) is 27.3. The van der Waals surface area contributed by atoms with Crippen LogP contribution in [0.5, 0.6) is 11.5 Å². The summed E-state index contributed by atoms with van der Waals surface area (Å²) in [5.74, 6) is 0.275. The van der Waals surface area contributed by atoms with E-state index in [1.807, 2.05) is 6.07 Å². The van der Waals surface area contributed by atoms with Crippen LogP contribution in [0.4, 0.5) is 0 Å². The zero-order valence-electron chi connectivity index (χ0n) is 16.1. The van der Waals surface area contributed by atoms with E-state index in [1.54, 1.807) is 62.8 Å². The SMILES string of the molecule is COC(=O)C(c1ccccc1)N1C(=O)/C(=C/c2ccc(OC)cc2OC)SC1=S. The van der Waals surface area contributed by atoms with Crippen LogP contribution in [-0.4, -0.2) is 42.4 Å². The largest absolute Gasteiger partial charge is 0.497 e. The highest BCUT2D eigenvalue weighted by molar-refractivity contribution is 8.26. The number of methoxy groups -OCH3 is 3. The molecule has 0 spiro atoms. The first-order valence-electron chi connectivity index (χ1n) is 8.62. The Hall–Kier alpha value is -2.84. The molecule has 1 heterocycles. The number of benzene rings is 2. The van der Waals surface area contributed by atoms with Crippen molar-refractivity contribution in [2.75, 3.05) is 21.3 Å². The predicted molar refractivity (Wildman–Crippen MR) is 116 cm³/mol. The van der Waals surface area contributed by atoms with Gasteiger partial charge in [-0.15, -0.1) is 0 Å². The molecular formula is C21H19NO5S2. The van der Waals surface area contributed by atoms with Gasteiger partial charge in [0.05, 0.1) is 26.2 Å². The maximum atomic E-state index is 13.2. The van der Waals surface area contributed by atoms with E-state index < -0.39 is 12.0 Å². The minimum Gasteiger partial charge on any atom is -0.497 e. The second-order valence-corrected chi connectivity index (χ2v) is 7.67. The lowest BCUT2D eigenvalue weighted by molar-refractivity contribution is -0.148. The number of amides is 1. The van der Waals surface area contributed by atoms with Crippen LogP contribution in [0.15, 0.2) is 53.4 Å². The van der Waals surface area contributed by atoms with E-state index in [9.17, 15) is 9.59 Å². The van der Waals surface area contributed by atoms with Gasteiger partial charge in [0.1, 0.15) is 15.8 Å². The van der Waals surface area contributed by atoms with Crippen molar-refractivity contribution in [1.82, 2.24) is 4.90 Å². The maximum Gasteiger partial charge on any atom is 0.333 e. The van der Waals surface area contributed by atoms with Crippen molar-refractivity contribution in [1.29, 1.82) is 0 Å². The maximum absolute atomic E-state index is 13.2. The van der Waals surface area contributed by atoms with Crippen molar-refractivity contribution in [2.24, 2.45) is 0 Å². The van der Waals surface area contributed by atoms with Gasteiger partial charge in [-0.1, -0.05) is 54.3 Å². The molecular weight excluding hydrogens is 410 g/mol. The lowest BCUT2D eigenvalue weighted by atomic mass is 10.1. The Kier molecular flexibility index (Phi) is 6.56. The van der Waals surface area contributed by atoms with Gasteiger partial charge in [-0.3, -0.25) is 9.69 Å². The molecule has 2 aromatic rings. The van der Waals surface area contributed by atoms with E-state index >= 15 is 0 Å². The molecule has 0 aliphatic carbocycles. The van der Waals surface area contributed by atoms with Crippen molar-refractivity contribution in [3.8, 4) is 11.5 Å². The summed E-state index contributed by atoms with van der Waals surface area (Å²) in [6, 6.07) is 13.3. The molecule has 0 aromatic heterocycles. The zero-order chi connectivity index (χ0) is 21.0. The number of carbonyl (C=O) groups excluding carboxylic acids is 2. The van der Waals surface area contributed by atoms with Crippen molar-refractivity contribution < 1.29 is 23.8 Å². The molecule has 1 unspecified atom stereocenters. The summed E-state index contributed by atoms with van der Waals surface area (Å²) in [6.07, 6.45) is 1.69. The molecule has 0 N–H and O–H groups in total. The van der Waals surface area contributed by atoms with Crippen LogP contribution in [0.2, 0.25) is 0 Å². The summed E-state index contributed by atoms with van der Waals surface area (Å²) in [5, 5.41) is 0. The number of nitrogens with zero attached hydrogens (tertiary/aromatic N) is 1. The molecule has 8 heteroatoms. The molecule has 1 aliphatic heterocycles. The molecule has 1 fully saturated rings. The fourth-order valence-electron chi connectivity index (χ4n) is 2.92. The summed E-state index contributed by atoms with van der Waals surface area (Å²) in [6.45, 7) is 0. The van der Waals surface area contributed by atoms with E-state index in [0.717, 1.165) is 11.8 Å². The standard InChI is InChI=1S/C21H19NO5S2/c1-25-15-10-9-14(16(12-15)26-2)11-17-19(23)22(21(28)29-17)18(20(24)27-3)13-7-5-4-6-8-13/h4-12,18H,1-3H3/b17-11-. The molecule has 1 atom stereocenters. The topological polar surface area (TPSA) is 65.1 Å². The minimum atomic E-state index is -0.947. The second-order valence-electron chi connectivity index (χ2n) is 6.00. The number of carbonyl (C=O) groups is 2. The van der Waals surface area contributed by atoms with Crippen LogP contribution in [-0.2, 0) is 14.3 Å². The number of esters is 1. The molecule has 1 saturated heterocycles. The molecule has 0 bridgehead atoms. The van der Waals surface area contributed by atoms with Gasteiger partial charge in [-0.25, -0.2) is 4.79 Å². The lowest BCUT2D eigenvalue weighted by Crippen LogP contribution is -2.37. The summed E-state index contributed by atoms with van der Waals surface area (Å²) >= 11 is 6.55. The Morgan fingerprint density at radius 1 is 1.10 bits per heavy atom. The van der Waals surface area contributed by atoms with Crippen LogP contribution in [0.3, 0.4) is 0 Å². The van der Waals surface area contributed by atoms with E-state index in [-0.39, 0.29) is 10.2 Å². The third kappa shape index (κ3) is 4.28. The molecule has 0 saturated carbocycles. The number of rotatable bonds is 6. The van der Waals surface area contributed by atoms with Gasteiger partial charge >= 0.3 is 5.97 Å². The van der Waals surface area contributed by atoms with Crippen LogP contribution in [0.1, 0.15) is 17.2 Å². The molecule has 0 radical (unpaired) electrons. The first kappa shape index (κ1) is 20.9. The summed E-state index contributed by atoms with van der Waals surface area (Å²) in [5.41, 5.74) is 1.32. The van der Waals surface area contributed by atoms with Crippen molar-refractivity contribution in [2.45, 2.75) is 6.04 Å². The highest BCUT2D eigenvalue weighted by atomic mass is 32.2. The van der Waals surface area contributed by atoms with Gasteiger partial charge in [0.2, 0.25) is 0 Å². The fourth-order valence-corrected chi connectivity index (χ4v) is 4.22. The number of ether oxygens (including phenoxy) is 3. The molecule has 1 aliphatic rings. The van der Waals surface area contributed by atoms with Gasteiger partial charge in [-0.05, 0) is 23.8 Å². The average molecular weight is 430 g/mol. The van der Waals surface area contributed by atoms with E-state index in [4.69, 9.17) is 26.4 Å². The van der Waals surface area contributed by atoms with Crippen LogP contribution in [0, 0.1) is 0 Å². The predicted octanol–water partition coefficient (Wildman–Crippen LogP) is 3.82. The molecule has 6 nitrogen and oxygen atoms in total. The zero-order valence-corrected chi connectivity index (χ0v) is 17.7. The molecule has 3 rings (SSSR count). The van der Waals surface area contributed by atoms with Gasteiger partial charge in [0.25, 0.3) is 5.91 Å². The fraction of sp³-hybridized carbons (Fsp3) is 0.190. The number of hydrogen-bond acceptors (Lipinski definition) is 7. The van der Waals surface area contributed by atoms with Crippen molar-refractivity contribution >= 4 is 46.3 Å².